The van der Waals surface area contributed by atoms with E-state index in [2.05, 4.69) is 5.32 Å². The van der Waals surface area contributed by atoms with Gasteiger partial charge in [-0.25, -0.2) is 12.8 Å². The monoisotopic (exact) mass is 307 g/mol. The summed E-state index contributed by atoms with van der Waals surface area (Å²) in [6, 6.07) is 11.5. The van der Waals surface area contributed by atoms with Crippen molar-refractivity contribution in [2.45, 2.75) is 17.9 Å². The van der Waals surface area contributed by atoms with Crippen molar-refractivity contribution in [2.24, 2.45) is 0 Å². The van der Waals surface area contributed by atoms with Crippen LogP contribution < -0.4 is 5.32 Å². The Kier molecular flexibility index (Phi) is 4.44. The first-order chi connectivity index (χ1) is 9.82. The van der Waals surface area contributed by atoms with Gasteiger partial charge in [-0.2, -0.15) is 0 Å². The van der Waals surface area contributed by atoms with E-state index in [1.165, 1.54) is 12.3 Å². The van der Waals surface area contributed by atoms with Gasteiger partial charge in [-0.1, -0.05) is 24.3 Å². The van der Waals surface area contributed by atoms with Crippen LogP contribution in [0.25, 0.3) is 0 Å². The van der Waals surface area contributed by atoms with Gasteiger partial charge in [0.15, 0.2) is 9.84 Å². The maximum absolute atomic E-state index is 13.7. The minimum atomic E-state index is -3.27. The molecule has 0 bridgehead atoms. The fourth-order valence-corrected chi connectivity index (χ4v) is 2.92. The minimum absolute atomic E-state index is 0.257. The van der Waals surface area contributed by atoms with Crippen molar-refractivity contribution < 1.29 is 12.8 Å². The number of hydrogen-bond acceptors (Lipinski definition) is 3. The average molecular weight is 307 g/mol. The number of benzene rings is 2. The lowest BCUT2D eigenvalue weighted by Crippen LogP contribution is -2.18. The SMILES string of the molecule is CNC(c1cccc(S(C)(=O)=O)c1)c1ccc(C)c(F)c1. The number of halogens is 1. The van der Waals surface area contributed by atoms with Crippen LogP contribution in [0.3, 0.4) is 0 Å². The molecule has 0 heterocycles. The van der Waals surface area contributed by atoms with E-state index in [1.807, 2.05) is 12.1 Å². The molecule has 0 spiro atoms. The van der Waals surface area contributed by atoms with Gasteiger partial charge in [0.25, 0.3) is 0 Å². The molecule has 0 fully saturated rings. The summed E-state index contributed by atoms with van der Waals surface area (Å²) in [6.45, 7) is 1.71. The van der Waals surface area contributed by atoms with E-state index in [1.54, 1.807) is 38.2 Å². The molecular formula is C16H18FNO2S. The van der Waals surface area contributed by atoms with Crippen molar-refractivity contribution in [3.8, 4) is 0 Å². The van der Waals surface area contributed by atoms with E-state index in [0.29, 0.717) is 5.56 Å². The summed E-state index contributed by atoms with van der Waals surface area (Å²) in [6.07, 6.45) is 1.17. The van der Waals surface area contributed by atoms with Gasteiger partial charge in [0, 0.05) is 6.26 Å². The summed E-state index contributed by atoms with van der Waals surface area (Å²) in [4.78, 5) is 0.257. The Labute approximate surface area is 124 Å². The molecule has 1 atom stereocenters. The third-order valence-corrected chi connectivity index (χ3v) is 4.55. The largest absolute Gasteiger partial charge is 0.309 e. The van der Waals surface area contributed by atoms with Gasteiger partial charge in [0.1, 0.15) is 5.82 Å². The molecule has 2 rings (SSSR count). The highest BCUT2D eigenvalue weighted by molar-refractivity contribution is 7.90. The summed E-state index contributed by atoms with van der Waals surface area (Å²) >= 11 is 0. The third-order valence-electron chi connectivity index (χ3n) is 3.44. The molecule has 1 unspecified atom stereocenters. The van der Waals surface area contributed by atoms with Gasteiger partial charge in [-0.05, 0) is 48.9 Å². The molecule has 3 nitrogen and oxygen atoms in total. The highest BCUT2D eigenvalue weighted by atomic mass is 32.2. The van der Waals surface area contributed by atoms with E-state index < -0.39 is 9.84 Å². The molecule has 1 N–H and O–H groups in total. The van der Waals surface area contributed by atoms with Gasteiger partial charge in [0.2, 0.25) is 0 Å². The molecule has 5 heteroatoms. The average Bonchev–Trinajstić information content (AvgIpc) is 2.43. The van der Waals surface area contributed by atoms with Crippen molar-refractivity contribution in [1.29, 1.82) is 0 Å². The Balaban J connectivity index is 2.49. The highest BCUT2D eigenvalue weighted by Crippen LogP contribution is 2.25. The fourth-order valence-electron chi connectivity index (χ4n) is 2.24. The number of rotatable bonds is 4. The Morgan fingerprint density at radius 3 is 2.33 bits per heavy atom. The van der Waals surface area contributed by atoms with Crippen molar-refractivity contribution in [1.82, 2.24) is 5.32 Å². The van der Waals surface area contributed by atoms with Crippen LogP contribution in [0.5, 0.6) is 0 Å². The number of nitrogens with one attached hydrogen (secondary N) is 1. The molecule has 112 valence electrons. The molecule has 0 saturated heterocycles. The van der Waals surface area contributed by atoms with Crippen molar-refractivity contribution in [2.75, 3.05) is 13.3 Å². The first-order valence-corrected chi connectivity index (χ1v) is 8.45. The van der Waals surface area contributed by atoms with Gasteiger partial charge in [-0.3, -0.25) is 0 Å². The van der Waals surface area contributed by atoms with E-state index in [9.17, 15) is 12.8 Å². The zero-order valence-electron chi connectivity index (χ0n) is 12.2. The Morgan fingerprint density at radius 2 is 1.76 bits per heavy atom. The second-order valence-electron chi connectivity index (χ2n) is 5.07. The predicted molar refractivity (Wildman–Crippen MR) is 81.6 cm³/mol. The molecule has 0 aromatic heterocycles. The molecule has 0 saturated carbocycles. The second-order valence-corrected chi connectivity index (χ2v) is 7.09. The lowest BCUT2D eigenvalue weighted by Gasteiger charge is -2.18. The molecule has 0 aliphatic carbocycles. The second kappa shape index (κ2) is 5.95. The lowest BCUT2D eigenvalue weighted by molar-refractivity contribution is 0.600. The fraction of sp³-hybridized carbons (Fsp3) is 0.250. The first-order valence-electron chi connectivity index (χ1n) is 6.56. The molecule has 0 radical (unpaired) electrons. The summed E-state index contributed by atoms with van der Waals surface area (Å²) in [5, 5.41) is 3.10. The van der Waals surface area contributed by atoms with Gasteiger partial charge < -0.3 is 5.32 Å². The zero-order chi connectivity index (χ0) is 15.6. The first kappa shape index (κ1) is 15.7. The van der Waals surface area contributed by atoms with E-state index >= 15 is 0 Å². The molecule has 2 aromatic carbocycles. The van der Waals surface area contributed by atoms with Crippen LogP contribution in [0.1, 0.15) is 22.7 Å². The van der Waals surface area contributed by atoms with Crippen LogP contribution in [0.2, 0.25) is 0 Å². The van der Waals surface area contributed by atoms with Crippen molar-refractivity contribution in [3.63, 3.8) is 0 Å². The van der Waals surface area contributed by atoms with E-state index in [-0.39, 0.29) is 16.8 Å². The quantitative estimate of drug-likeness (QED) is 0.945. The number of sulfone groups is 1. The molecule has 0 aliphatic heterocycles. The topological polar surface area (TPSA) is 46.2 Å². The van der Waals surface area contributed by atoms with Gasteiger partial charge in [0.05, 0.1) is 10.9 Å². The molecule has 0 amide bonds. The maximum atomic E-state index is 13.7. The third kappa shape index (κ3) is 3.49. The Hall–Kier alpha value is -1.72. The van der Waals surface area contributed by atoms with Crippen molar-refractivity contribution >= 4 is 9.84 Å². The van der Waals surface area contributed by atoms with Gasteiger partial charge >= 0.3 is 0 Å². The normalized spacial score (nSPS) is 13.1. The van der Waals surface area contributed by atoms with Crippen LogP contribution in [-0.4, -0.2) is 21.7 Å². The standard InChI is InChI=1S/C16H18FNO2S/c1-11-7-8-13(10-15(11)17)16(18-2)12-5-4-6-14(9-12)21(3,19)20/h4-10,16,18H,1-3H3. The van der Waals surface area contributed by atoms with Crippen LogP contribution in [0, 0.1) is 12.7 Å². The summed E-state index contributed by atoms with van der Waals surface area (Å²) < 4.78 is 37.0. The number of aryl methyl sites for hydroxylation is 1. The Morgan fingerprint density at radius 1 is 1.10 bits per heavy atom. The van der Waals surface area contributed by atoms with Gasteiger partial charge in [-0.15, -0.1) is 0 Å². The van der Waals surface area contributed by atoms with Crippen LogP contribution in [0.4, 0.5) is 4.39 Å². The van der Waals surface area contributed by atoms with Crippen LogP contribution >= 0.6 is 0 Å². The van der Waals surface area contributed by atoms with E-state index in [4.69, 9.17) is 0 Å². The van der Waals surface area contributed by atoms with Crippen LogP contribution in [0.15, 0.2) is 47.4 Å². The molecular weight excluding hydrogens is 289 g/mol. The predicted octanol–water partition coefficient (Wildman–Crippen LogP) is 2.85. The van der Waals surface area contributed by atoms with E-state index in [0.717, 1.165) is 11.1 Å². The van der Waals surface area contributed by atoms with Crippen LogP contribution in [-0.2, 0) is 9.84 Å². The lowest BCUT2D eigenvalue weighted by atomic mass is 9.98. The zero-order valence-corrected chi connectivity index (χ0v) is 13.0. The smallest absolute Gasteiger partial charge is 0.175 e. The minimum Gasteiger partial charge on any atom is -0.309 e. The molecule has 0 aliphatic rings. The molecule has 21 heavy (non-hydrogen) atoms. The molecule has 2 aromatic rings. The summed E-state index contributed by atoms with van der Waals surface area (Å²) in [5.41, 5.74) is 2.12. The summed E-state index contributed by atoms with van der Waals surface area (Å²) in [5.74, 6) is -0.271. The summed E-state index contributed by atoms with van der Waals surface area (Å²) in [7, 11) is -1.51. The maximum Gasteiger partial charge on any atom is 0.175 e. The highest BCUT2D eigenvalue weighted by Gasteiger charge is 2.16. The Bertz CT molecular complexity index is 757. The number of hydrogen-bond donors (Lipinski definition) is 1. The van der Waals surface area contributed by atoms with Crippen molar-refractivity contribution in [3.05, 3.63) is 65.0 Å².